The minimum absolute atomic E-state index is 0.0150. The van der Waals surface area contributed by atoms with Crippen LogP contribution in [-0.4, -0.2) is 19.5 Å². The van der Waals surface area contributed by atoms with Gasteiger partial charge in [0.2, 0.25) is 0 Å². The Balaban J connectivity index is 2.10. The Morgan fingerprint density at radius 2 is 1.96 bits per heavy atom. The second kappa shape index (κ2) is 6.11. The average molecular weight is 366 g/mol. The Bertz CT molecular complexity index is 938. The summed E-state index contributed by atoms with van der Waals surface area (Å²) in [5, 5.41) is 9.66. The molecule has 0 heterocycles. The first-order valence-electron chi connectivity index (χ1n) is 7.46. The highest BCUT2D eigenvalue weighted by atomic mass is 35.5. The highest BCUT2D eigenvalue weighted by Gasteiger charge is 2.26. The summed E-state index contributed by atoms with van der Waals surface area (Å²) in [6.07, 6.45) is 2.13. The fraction of sp³-hybridized carbons (Fsp3) is 0.235. The number of fused-ring (bicyclic) bond motifs is 1. The summed E-state index contributed by atoms with van der Waals surface area (Å²) in [4.78, 5) is 11.3. The molecule has 24 heavy (non-hydrogen) atoms. The number of anilines is 1. The third-order valence-electron chi connectivity index (χ3n) is 4.15. The third kappa shape index (κ3) is 3.12. The van der Waals surface area contributed by atoms with Gasteiger partial charge in [0, 0.05) is 5.02 Å². The smallest absolute Gasteiger partial charge is 0.335 e. The van der Waals surface area contributed by atoms with Crippen LogP contribution in [0.1, 0.15) is 33.5 Å². The van der Waals surface area contributed by atoms with Crippen LogP contribution in [-0.2, 0) is 22.9 Å². The summed E-state index contributed by atoms with van der Waals surface area (Å²) < 4.78 is 28.2. The Morgan fingerprint density at radius 1 is 1.21 bits per heavy atom. The monoisotopic (exact) mass is 365 g/mol. The lowest BCUT2D eigenvalue weighted by molar-refractivity contribution is 0.0696. The second-order valence-corrected chi connectivity index (χ2v) is 7.92. The van der Waals surface area contributed by atoms with Crippen LogP contribution in [0.25, 0.3) is 0 Å². The number of hydrogen-bond donors (Lipinski definition) is 2. The van der Waals surface area contributed by atoms with Crippen LogP contribution in [0.5, 0.6) is 0 Å². The lowest BCUT2D eigenvalue weighted by Crippen LogP contribution is -2.17. The van der Waals surface area contributed by atoms with Gasteiger partial charge >= 0.3 is 5.97 Å². The van der Waals surface area contributed by atoms with E-state index in [1.807, 2.05) is 0 Å². The number of aryl methyl sites for hydroxylation is 2. The van der Waals surface area contributed by atoms with Gasteiger partial charge < -0.3 is 5.11 Å². The van der Waals surface area contributed by atoms with Crippen LogP contribution < -0.4 is 4.72 Å². The van der Waals surface area contributed by atoms with Crippen molar-refractivity contribution in [1.29, 1.82) is 0 Å². The van der Waals surface area contributed by atoms with E-state index < -0.39 is 16.0 Å². The van der Waals surface area contributed by atoms with Crippen LogP contribution in [0, 0.1) is 6.92 Å². The van der Waals surface area contributed by atoms with Gasteiger partial charge in [-0.2, -0.15) is 0 Å². The highest BCUT2D eigenvalue weighted by molar-refractivity contribution is 7.92. The van der Waals surface area contributed by atoms with E-state index in [9.17, 15) is 18.3 Å². The number of carboxylic acid groups (broad SMARTS) is 1. The molecule has 0 unspecified atom stereocenters. The molecule has 0 radical (unpaired) electrons. The third-order valence-corrected chi connectivity index (χ3v) is 5.82. The standard InChI is InChI=1S/C17H16ClNO4S/c1-10-5-6-13(18)9-15(10)19-24(22,23)16-8-12(17(20)21)7-11-3-2-4-14(11)16/h5-9,19H,2-4H2,1H3,(H,20,21). The van der Waals surface area contributed by atoms with Gasteiger partial charge in [0.1, 0.15) is 0 Å². The number of hydrogen-bond acceptors (Lipinski definition) is 3. The number of sulfonamides is 1. The minimum atomic E-state index is -3.91. The number of benzene rings is 2. The predicted octanol–water partition coefficient (Wildman–Crippen LogP) is 3.64. The molecule has 0 spiro atoms. The molecule has 0 saturated carbocycles. The van der Waals surface area contributed by atoms with Crippen molar-refractivity contribution in [1.82, 2.24) is 0 Å². The zero-order chi connectivity index (χ0) is 17.5. The molecule has 5 nitrogen and oxygen atoms in total. The van der Waals surface area contributed by atoms with Gasteiger partial charge in [-0.3, -0.25) is 4.72 Å². The second-order valence-electron chi connectivity index (χ2n) is 5.84. The molecule has 2 aromatic carbocycles. The number of carbonyl (C=O) groups is 1. The number of halogens is 1. The maximum absolute atomic E-state index is 12.9. The van der Waals surface area contributed by atoms with Gasteiger partial charge in [0.15, 0.2) is 0 Å². The zero-order valence-corrected chi connectivity index (χ0v) is 14.5. The van der Waals surface area contributed by atoms with E-state index in [4.69, 9.17) is 11.6 Å². The molecule has 0 saturated heterocycles. The molecule has 0 aromatic heterocycles. The highest BCUT2D eigenvalue weighted by Crippen LogP contribution is 2.32. The quantitative estimate of drug-likeness (QED) is 0.866. The first-order chi connectivity index (χ1) is 11.3. The van der Waals surface area contributed by atoms with Crippen molar-refractivity contribution in [2.75, 3.05) is 4.72 Å². The largest absolute Gasteiger partial charge is 0.478 e. The van der Waals surface area contributed by atoms with Crippen molar-refractivity contribution in [3.63, 3.8) is 0 Å². The normalized spacial score (nSPS) is 13.6. The van der Waals surface area contributed by atoms with Crippen molar-refractivity contribution in [2.24, 2.45) is 0 Å². The molecular formula is C17H16ClNO4S. The number of carboxylic acids is 1. The van der Waals surface area contributed by atoms with Gasteiger partial charge in [-0.05, 0) is 67.1 Å². The Hall–Kier alpha value is -2.05. The zero-order valence-electron chi connectivity index (χ0n) is 13.0. The van der Waals surface area contributed by atoms with Crippen LogP contribution in [0.2, 0.25) is 5.02 Å². The molecule has 7 heteroatoms. The van der Waals surface area contributed by atoms with Crippen LogP contribution in [0.3, 0.4) is 0 Å². The molecule has 2 aromatic rings. The fourth-order valence-electron chi connectivity index (χ4n) is 2.93. The summed E-state index contributed by atoms with van der Waals surface area (Å²) in [6, 6.07) is 7.73. The number of aromatic carboxylic acids is 1. The van der Waals surface area contributed by atoms with Crippen molar-refractivity contribution in [2.45, 2.75) is 31.1 Å². The molecule has 2 N–H and O–H groups in total. The van der Waals surface area contributed by atoms with Crippen molar-refractivity contribution >= 4 is 33.3 Å². The molecule has 0 fully saturated rings. The maximum Gasteiger partial charge on any atom is 0.335 e. The lowest BCUT2D eigenvalue weighted by atomic mass is 10.1. The molecule has 0 aliphatic heterocycles. The van der Waals surface area contributed by atoms with Gasteiger partial charge in [0.05, 0.1) is 16.1 Å². The van der Waals surface area contributed by atoms with E-state index in [0.717, 1.165) is 17.5 Å². The molecule has 126 valence electrons. The molecule has 3 rings (SSSR count). The Kier molecular flexibility index (Phi) is 4.27. The van der Waals surface area contributed by atoms with Gasteiger partial charge in [-0.15, -0.1) is 0 Å². The molecule has 0 bridgehead atoms. The molecule has 0 atom stereocenters. The summed E-state index contributed by atoms with van der Waals surface area (Å²) in [5.41, 5.74) is 2.59. The first-order valence-corrected chi connectivity index (χ1v) is 9.32. The van der Waals surface area contributed by atoms with Gasteiger partial charge in [0.25, 0.3) is 10.0 Å². The molecule has 0 amide bonds. The molecule has 1 aliphatic rings. The number of rotatable bonds is 4. The lowest BCUT2D eigenvalue weighted by Gasteiger charge is -2.14. The number of nitrogens with one attached hydrogen (secondary N) is 1. The van der Waals surface area contributed by atoms with E-state index >= 15 is 0 Å². The summed E-state index contributed by atoms with van der Waals surface area (Å²) in [6.45, 7) is 1.77. The average Bonchev–Trinajstić information content (AvgIpc) is 2.97. The van der Waals surface area contributed by atoms with E-state index in [2.05, 4.69) is 4.72 Å². The maximum atomic E-state index is 12.9. The van der Waals surface area contributed by atoms with Gasteiger partial charge in [-0.25, -0.2) is 13.2 Å². The Morgan fingerprint density at radius 3 is 2.67 bits per heavy atom. The van der Waals surface area contributed by atoms with E-state index in [0.29, 0.717) is 29.1 Å². The molecular weight excluding hydrogens is 350 g/mol. The Labute approximate surface area is 145 Å². The predicted molar refractivity (Wildman–Crippen MR) is 92.4 cm³/mol. The topological polar surface area (TPSA) is 83.5 Å². The summed E-state index contributed by atoms with van der Waals surface area (Å²) >= 11 is 5.94. The van der Waals surface area contributed by atoms with Crippen LogP contribution in [0.4, 0.5) is 5.69 Å². The van der Waals surface area contributed by atoms with Crippen LogP contribution >= 0.6 is 11.6 Å². The fourth-order valence-corrected chi connectivity index (χ4v) is 4.56. The first kappa shape index (κ1) is 16.8. The van der Waals surface area contributed by atoms with Crippen molar-refractivity contribution < 1.29 is 18.3 Å². The van der Waals surface area contributed by atoms with Crippen molar-refractivity contribution in [3.8, 4) is 0 Å². The SMILES string of the molecule is Cc1ccc(Cl)cc1NS(=O)(=O)c1cc(C(=O)O)cc2c1CCC2. The van der Waals surface area contributed by atoms with Crippen molar-refractivity contribution in [3.05, 3.63) is 57.6 Å². The minimum Gasteiger partial charge on any atom is -0.478 e. The van der Waals surface area contributed by atoms with E-state index in [-0.39, 0.29) is 10.5 Å². The summed E-state index contributed by atoms with van der Waals surface area (Å²) in [7, 11) is -3.91. The summed E-state index contributed by atoms with van der Waals surface area (Å²) in [5.74, 6) is -1.14. The van der Waals surface area contributed by atoms with E-state index in [1.165, 1.54) is 12.1 Å². The van der Waals surface area contributed by atoms with E-state index in [1.54, 1.807) is 25.1 Å². The van der Waals surface area contributed by atoms with Crippen LogP contribution in [0.15, 0.2) is 35.2 Å². The van der Waals surface area contributed by atoms with Gasteiger partial charge in [-0.1, -0.05) is 17.7 Å². The molecule has 1 aliphatic carbocycles.